The second kappa shape index (κ2) is 5.31. The Morgan fingerprint density at radius 3 is 2.70 bits per heavy atom. The maximum atomic E-state index is 13.1. The highest BCUT2D eigenvalue weighted by Gasteiger charge is 2.35. The second-order valence-corrected chi connectivity index (χ2v) is 4.72. The van der Waals surface area contributed by atoms with Crippen molar-refractivity contribution >= 4 is 16.9 Å². The van der Waals surface area contributed by atoms with Crippen molar-refractivity contribution < 1.29 is 22.7 Å². The van der Waals surface area contributed by atoms with Gasteiger partial charge < -0.3 is 15.5 Å². The number of nitrogens with two attached hydrogens (primary N) is 1. The molecular formula is C15H10F3N3O2. The van der Waals surface area contributed by atoms with Crippen LogP contribution in [0.15, 0.2) is 42.7 Å². The normalized spacial score (nSPS) is 11.6. The lowest BCUT2D eigenvalue weighted by Gasteiger charge is -2.13. The van der Waals surface area contributed by atoms with E-state index in [1.54, 1.807) is 12.3 Å². The molecule has 5 nitrogen and oxygen atoms in total. The van der Waals surface area contributed by atoms with Crippen LogP contribution in [0.25, 0.3) is 11.0 Å². The van der Waals surface area contributed by atoms with Gasteiger partial charge in [-0.15, -0.1) is 0 Å². The number of carbonyl (C=O) groups is 1. The molecule has 0 atom stereocenters. The summed E-state index contributed by atoms with van der Waals surface area (Å²) in [5, 5.41) is 0.625. The Bertz CT molecular complexity index is 887. The van der Waals surface area contributed by atoms with Crippen LogP contribution in [0.4, 0.5) is 13.2 Å². The van der Waals surface area contributed by atoms with Gasteiger partial charge in [0.1, 0.15) is 17.1 Å². The van der Waals surface area contributed by atoms with Crippen molar-refractivity contribution in [1.29, 1.82) is 0 Å². The number of hydrogen-bond donors (Lipinski definition) is 2. The maximum Gasteiger partial charge on any atom is 0.417 e. The second-order valence-electron chi connectivity index (χ2n) is 4.72. The van der Waals surface area contributed by atoms with Crippen molar-refractivity contribution in [3.63, 3.8) is 0 Å². The van der Waals surface area contributed by atoms with Crippen molar-refractivity contribution in [2.75, 3.05) is 0 Å². The van der Waals surface area contributed by atoms with Crippen LogP contribution in [-0.2, 0) is 6.18 Å². The van der Waals surface area contributed by atoms with Gasteiger partial charge in [0, 0.05) is 12.4 Å². The van der Waals surface area contributed by atoms with Crippen LogP contribution < -0.4 is 10.5 Å². The highest BCUT2D eigenvalue weighted by Crippen LogP contribution is 2.36. The number of aromatic amines is 1. The van der Waals surface area contributed by atoms with Crippen LogP contribution in [0.3, 0.4) is 0 Å². The number of pyridine rings is 1. The number of carbonyl (C=O) groups excluding carboxylic acids is 1. The fourth-order valence-electron chi connectivity index (χ4n) is 2.19. The van der Waals surface area contributed by atoms with Gasteiger partial charge in [-0.3, -0.25) is 4.79 Å². The lowest BCUT2D eigenvalue weighted by Crippen LogP contribution is -2.18. The number of benzene rings is 1. The summed E-state index contributed by atoms with van der Waals surface area (Å²) < 4.78 is 44.7. The third-order valence-electron chi connectivity index (χ3n) is 3.21. The Morgan fingerprint density at radius 2 is 2.00 bits per heavy atom. The third-order valence-corrected chi connectivity index (χ3v) is 3.21. The first-order chi connectivity index (χ1) is 10.9. The number of aromatic nitrogens is 2. The van der Waals surface area contributed by atoms with Gasteiger partial charge in [-0.25, -0.2) is 4.98 Å². The first-order valence-corrected chi connectivity index (χ1v) is 6.47. The molecule has 1 amide bonds. The third kappa shape index (κ3) is 2.83. The van der Waals surface area contributed by atoms with Crippen molar-refractivity contribution in [2.45, 2.75) is 6.18 Å². The van der Waals surface area contributed by atoms with E-state index in [4.69, 9.17) is 10.5 Å². The number of primary amides is 1. The van der Waals surface area contributed by atoms with E-state index in [1.807, 2.05) is 0 Å². The molecule has 3 N–H and O–H groups in total. The number of ether oxygens (including phenoxy) is 1. The summed E-state index contributed by atoms with van der Waals surface area (Å²) in [5.74, 6) is -0.868. The van der Waals surface area contributed by atoms with Crippen LogP contribution in [0.1, 0.15) is 15.9 Å². The molecule has 0 aliphatic heterocycles. The van der Waals surface area contributed by atoms with Gasteiger partial charge in [0.05, 0.1) is 16.5 Å². The van der Waals surface area contributed by atoms with Crippen LogP contribution >= 0.6 is 0 Å². The quantitative estimate of drug-likeness (QED) is 0.775. The number of fused-ring (bicyclic) bond motifs is 1. The minimum atomic E-state index is -4.72. The van der Waals surface area contributed by atoms with Crippen LogP contribution in [-0.4, -0.2) is 15.9 Å². The van der Waals surface area contributed by atoms with Crippen molar-refractivity contribution in [3.05, 3.63) is 53.9 Å². The van der Waals surface area contributed by atoms with Crippen LogP contribution in [0.2, 0.25) is 0 Å². The maximum absolute atomic E-state index is 13.1. The van der Waals surface area contributed by atoms with E-state index < -0.39 is 23.2 Å². The molecule has 2 heterocycles. The lowest BCUT2D eigenvalue weighted by molar-refractivity contribution is -0.138. The van der Waals surface area contributed by atoms with Crippen LogP contribution in [0.5, 0.6) is 11.5 Å². The lowest BCUT2D eigenvalue weighted by atomic mass is 10.1. The smallest absolute Gasteiger partial charge is 0.417 e. The van der Waals surface area contributed by atoms with Gasteiger partial charge in [0.2, 0.25) is 5.91 Å². The standard InChI is InChI=1S/C15H10F3N3O2/c16-15(17,18)11-7-8(1-2-9(11)13(19)22)23-12-4-6-21-14-10(12)3-5-20-14/h1-7H,(H2,19,22)(H,20,21). The number of alkyl halides is 3. The average Bonchev–Trinajstić information content (AvgIpc) is 2.95. The van der Waals surface area contributed by atoms with Gasteiger partial charge in [-0.2, -0.15) is 13.2 Å². The predicted octanol–water partition coefficient (Wildman–Crippen LogP) is 3.47. The predicted molar refractivity (Wildman–Crippen MR) is 76.1 cm³/mol. The number of rotatable bonds is 3. The molecule has 1 aromatic carbocycles. The fourth-order valence-corrected chi connectivity index (χ4v) is 2.19. The largest absolute Gasteiger partial charge is 0.457 e. The Balaban J connectivity index is 2.04. The zero-order valence-electron chi connectivity index (χ0n) is 11.5. The van der Waals surface area contributed by atoms with Crippen molar-refractivity contribution in [3.8, 4) is 11.5 Å². The number of amides is 1. The molecule has 0 aliphatic carbocycles. The highest BCUT2D eigenvalue weighted by atomic mass is 19.4. The van der Waals surface area contributed by atoms with Crippen LogP contribution in [0, 0.1) is 0 Å². The Kier molecular flexibility index (Phi) is 3.44. The van der Waals surface area contributed by atoms with E-state index in [-0.39, 0.29) is 5.75 Å². The Morgan fingerprint density at radius 1 is 1.22 bits per heavy atom. The Hall–Kier alpha value is -3.03. The van der Waals surface area contributed by atoms with E-state index >= 15 is 0 Å². The molecule has 23 heavy (non-hydrogen) atoms. The molecule has 3 aromatic rings. The zero-order chi connectivity index (χ0) is 16.6. The van der Waals surface area contributed by atoms with Gasteiger partial charge in [-0.1, -0.05) is 0 Å². The van der Waals surface area contributed by atoms with E-state index in [2.05, 4.69) is 9.97 Å². The number of nitrogens with one attached hydrogen (secondary N) is 1. The van der Waals surface area contributed by atoms with Gasteiger partial charge >= 0.3 is 6.18 Å². The molecule has 0 unspecified atom stereocenters. The zero-order valence-corrected chi connectivity index (χ0v) is 11.5. The molecule has 8 heteroatoms. The summed E-state index contributed by atoms with van der Waals surface area (Å²) in [6.45, 7) is 0. The SMILES string of the molecule is NC(=O)c1ccc(Oc2ccnc3[nH]ccc23)cc1C(F)(F)F. The van der Waals surface area contributed by atoms with Crippen molar-refractivity contribution in [2.24, 2.45) is 5.73 Å². The molecule has 0 spiro atoms. The van der Waals surface area contributed by atoms with Gasteiger partial charge in [0.15, 0.2) is 0 Å². The van der Waals surface area contributed by atoms with Crippen molar-refractivity contribution in [1.82, 2.24) is 9.97 Å². The highest BCUT2D eigenvalue weighted by molar-refractivity contribution is 5.94. The molecule has 0 aliphatic rings. The van der Waals surface area contributed by atoms with E-state index in [0.717, 1.165) is 12.1 Å². The summed E-state index contributed by atoms with van der Waals surface area (Å²) in [7, 11) is 0. The first-order valence-electron chi connectivity index (χ1n) is 6.47. The average molecular weight is 321 g/mol. The Labute approximate surface area is 127 Å². The molecule has 118 valence electrons. The minimum Gasteiger partial charge on any atom is -0.457 e. The molecule has 0 radical (unpaired) electrons. The molecule has 3 rings (SSSR count). The molecule has 0 saturated carbocycles. The summed E-state index contributed by atoms with van der Waals surface area (Å²) in [6, 6.07) is 6.23. The first kappa shape index (κ1) is 14.9. The number of nitrogens with zero attached hydrogens (tertiary/aromatic N) is 1. The topological polar surface area (TPSA) is 81.0 Å². The summed E-state index contributed by atoms with van der Waals surface area (Å²) in [4.78, 5) is 18.1. The number of H-pyrrole nitrogens is 1. The summed E-state index contributed by atoms with van der Waals surface area (Å²) in [5.41, 5.74) is 3.79. The summed E-state index contributed by atoms with van der Waals surface area (Å²) >= 11 is 0. The molecule has 2 aromatic heterocycles. The number of halogens is 3. The fraction of sp³-hybridized carbons (Fsp3) is 0.0667. The van der Waals surface area contributed by atoms with Gasteiger partial charge in [0.25, 0.3) is 0 Å². The molecular weight excluding hydrogens is 311 g/mol. The van der Waals surface area contributed by atoms with Gasteiger partial charge in [-0.05, 0) is 30.3 Å². The molecule has 0 saturated heterocycles. The summed E-state index contributed by atoms with van der Waals surface area (Å²) in [6.07, 6.45) is -1.61. The minimum absolute atomic E-state index is 0.0592. The van der Waals surface area contributed by atoms with E-state index in [1.165, 1.54) is 18.3 Å². The van der Waals surface area contributed by atoms with E-state index in [9.17, 15) is 18.0 Å². The molecule has 0 fully saturated rings. The monoisotopic (exact) mass is 321 g/mol. The number of hydrogen-bond acceptors (Lipinski definition) is 3. The van der Waals surface area contributed by atoms with E-state index in [0.29, 0.717) is 16.8 Å². The molecule has 0 bridgehead atoms.